The Hall–Kier alpha value is -1.36. The first-order valence-corrected chi connectivity index (χ1v) is 6.06. The summed E-state index contributed by atoms with van der Waals surface area (Å²) in [6.07, 6.45) is 1.55. The maximum Gasteiger partial charge on any atom is 0.221 e. The van der Waals surface area contributed by atoms with Crippen LogP contribution < -0.4 is 15.0 Å². The van der Waals surface area contributed by atoms with E-state index in [4.69, 9.17) is 4.74 Å². The Kier molecular flexibility index (Phi) is 5.69. The third kappa shape index (κ3) is 3.85. The Bertz CT molecular complexity index is 343. The van der Waals surface area contributed by atoms with Gasteiger partial charge in [-0.05, 0) is 20.4 Å². The van der Waals surface area contributed by atoms with E-state index in [2.05, 4.69) is 27.1 Å². The molecule has 0 atom stereocenters. The molecule has 1 N–H and O–H groups in total. The Morgan fingerprint density at radius 1 is 1.35 bits per heavy atom. The molecule has 17 heavy (non-hydrogen) atoms. The van der Waals surface area contributed by atoms with Gasteiger partial charge < -0.3 is 15.0 Å². The van der Waals surface area contributed by atoms with Crippen molar-refractivity contribution in [2.24, 2.45) is 0 Å². The van der Waals surface area contributed by atoms with Crippen LogP contribution >= 0.6 is 0 Å². The van der Waals surface area contributed by atoms with Crippen LogP contribution in [-0.4, -0.2) is 43.3 Å². The van der Waals surface area contributed by atoms with Gasteiger partial charge in [-0.15, -0.1) is 0 Å². The van der Waals surface area contributed by atoms with Gasteiger partial charge in [-0.2, -0.15) is 0 Å². The molecule has 96 valence electrons. The minimum atomic E-state index is 0.623. The van der Waals surface area contributed by atoms with Gasteiger partial charge in [-0.1, -0.05) is 6.92 Å². The zero-order chi connectivity index (χ0) is 12.7. The standard InChI is InChI=1S/C12H22N4O/c1-5-13-7-8-16(4)11-10(3)12(17-6-2)15-9-14-11/h9,13H,5-8H2,1-4H3. The third-order valence-electron chi connectivity index (χ3n) is 2.53. The highest BCUT2D eigenvalue weighted by Crippen LogP contribution is 2.22. The van der Waals surface area contributed by atoms with Crippen LogP contribution in [0.2, 0.25) is 0 Å². The molecular formula is C12H22N4O. The second kappa shape index (κ2) is 7.06. The van der Waals surface area contributed by atoms with Crippen LogP contribution in [0.3, 0.4) is 0 Å². The molecule has 0 saturated heterocycles. The van der Waals surface area contributed by atoms with E-state index in [1.165, 1.54) is 0 Å². The number of aromatic nitrogens is 2. The van der Waals surface area contributed by atoms with Gasteiger partial charge in [-0.25, -0.2) is 9.97 Å². The smallest absolute Gasteiger partial charge is 0.221 e. The van der Waals surface area contributed by atoms with Crippen molar-refractivity contribution in [3.8, 4) is 5.88 Å². The lowest BCUT2D eigenvalue weighted by Crippen LogP contribution is -2.30. The summed E-state index contributed by atoms with van der Waals surface area (Å²) in [6, 6.07) is 0. The Balaban J connectivity index is 2.72. The van der Waals surface area contributed by atoms with Crippen molar-refractivity contribution in [3.05, 3.63) is 11.9 Å². The summed E-state index contributed by atoms with van der Waals surface area (Å²) >= 11 is 0. The molecule has 5 heteroatoms. The largest absolute Gasteiger partial charge is 0.478 e. The molecule has 0 unspecified atom stereocenters. The molecule has 0 aliphatic carbocycles. The van der Waals surface area contributed by atoms with Gasteiger partial charge in [-0.3, -0.25) is 0 Å². The van der Waals surface area contributed by atoms with Crippen molar-refractivity contribution >= 4 is 5.82 Å². The van der Waals surface area contributed by atoms with Crippen LogP contribution in [0.5, 0.6) is 5.88 Å². The number of ether oxygens (including phenoxy) is 1. The van der Waals surface area contributed by atoms with Gasteiger partial charge in [0.2, 0.25) is 5.88 Å². The van der Waals surface area contributed by atoms with Gasteiger partial charge in [0.05, 0.1) is 12.2 Å². The Labute approximate surface area is 103 Å². The molecule has 0 aliphatic rings. The highest BCUT2D eigenvalue weighted by Gasteiger charge is 2.11. The zero-order valence-corrected chi connectivity index (χ0v) is 11.2. The lowest BCUT2D eigenvalue weighted by atomic mass is 10.3. The third-order valence-corrected chi connectivity index (χ3v) is 2.53. The average molecular weight is 238 g/mol. The fourth-order valence-corrected chi connectivity index (χ4v) is 1.62. The summed E-state index contributed by atoms with van der Waals surface area (Å²) in [4.78, 5) is 10.6. The van der Waals surface area contributed by atoms with Crippen molar-refractivity contribution in [1.82, 2.24) is 15.3 Å². The molecule has 0 amide bonds. The van der Waals surface area contributed by atoms with E-state index in [0.717, 1.165) is 31.0 Å². The molecule has 0 bridgehead atoms. The summed E-state index contributed by atoms with van der Waals surface area (Å²) < 4.78 is 5.46. The van der Waals surface area contributed by atoms with Crippen molar-refractivity contribution in [2.75, 3.05) is 38.2 Å². The molecule has 0 fully saturated rings. The second-order valence-electron chi connectivity index (χ2n) is 3.84. The summed E-state index contributed by atoms with van der Waals surface area (Å²) in [7, 11) is 2.03. The van der Waals surface area contributed by atoms with Gasteiger partial charge in [0.15, 0.2) is 0 Å². The van der Waals surface area contributed by atoms with E-state index in [9.17, 15) is 0 Å². The van der Waals surface area contributed by atoms with Gasteiger partial charge >= 0.3 is 0 Å². The molecular weight excluding hydrogens is 216 g/mol. The van der Waals surface area contributed by atoms with E-state index >= 15 is 0 Å². The van der Waals surface area contributed by atoms with Crippen LogP contribution in [0, 0.1) is 6.92 Å². The quantitative estimate of drug-likeness (QED) is 0.724. The molecule has 1 rings (SSSR count). The fourth-order valence-electron chi connectivity index (χ4n) is 1.62. The first kappa shape index (κ1) is 13.7. The molecule has 0 saturated carbocycles. The normalized spacial score (nSPS) is 10.4. The van der Waals surface area contributed by atoms with Crippen LogP contribution in [-0.2, 0) is 0 Å². The molecule has 5 nitrogen and oxygen atoms in total. The second-order valence-corrected chi connectivity index (χ2v) is 3.84. The molecule has 1 heterocycles. The maximum atomic E-state index is 5.46. The number of hydrogen-bond donors (Lipinski definition) is 1. The Morgan fingerprint density at radius 3 is 2.76 bits per heavy atom. The van der Waals surface area contributed by atoms with E-state index in [1.54, 1.807) is 6.33 Å². The Morgan fingerprint density at radius 2 is 2.12 bits per heavy atom. The van der Waals surface area contributed by atoms with Gasteiger partial charge in [0.25, 0.3) is 0 Å². The highest BCUT2D eigenvalue weighted by molar-refractivity contribution is 5.49. The van der Waals surface area contributed by atoms with E-state index in [0.29, 0.717) is 12.5 Å². The predicted molar refractivity (Wildman–Crippen MR) is 69.8 cm³/mol. The molecule has 0 spiro atoms. The van der Waals surface area contributed by atoms with Gasteiger partial charge in [0.1, 0.15) is 12.1 Å². The summed E-state index contributed by atoms with van der Waals surface area (Å²) in [5.41, 5.74) is 0.994. The summed E-state index contributed by atoms with van der Waals surface area (Å²) in [6.45, 7) is 9.51. The maximum absolute atomic E-state index is 5.46. The molecule has 0 aromatic carbocycles. The van der Waals surface area contributed by atoms with Crippen molar-refractivity contribution in [2.45, 2.75) is 20.8 Å². The number of nitrogens with zero attached hydrogens (tertiary/aromatic N) is 3. The molecule has 1 aromatic heterocycles. The summed E-state index contributed by atoms with van der Waals surface area (Å²) in [5, 5.41) is 3.29. The average Bonchev–Trinajstić information content (AvgIpc) is 2.32. The monoisotopic (exact) mass is 238 g/mol. The first-order valence-electron chi connectivity index (χ1n) is 6.06. The lowest BCUT2D eigenvalue weighted by Gasteiger charge is -2.20. The SMILES string of the molecule is CCNCCN(C)c1ncnc(OCC)c1C. The topological polar surface area (TPSA) is 50.3 Å². The van der Waals surface area contributed by atoms with Crippen LogP contribution in [0.25, 0.3) is 0 Å². The minimum Gasteiger partial charge on any atom is -0.478 e. The number of hydrogen-bond acceptors (Lipinski definition) is 5. The molecule has 0 radical (unpaired) electrons. The van der Waals surface area contributed by atoms with Crippen molar-refractivity contribution in [3.63, 3.8) is 0 Å². The predicted octanol–water partition coefficient (Wildman–Crippen LogP) is 1.23. The lowest BCUT2D eigenvalue weighted by molar-refractivity contribution is 0.323. The molecule has 0 aliphatic heterocycles. The van der Waals surface area contributed by atoms with E-state index < -0.39 is 0 Å². The van der Waals surface area contributed by atoms with E-state index in [-0.39, 0.29) is 0 Å². The number of anilines is 1. The van der Waals surface area contributed by atoms with Crippen molar-refractivity contribution < 1.29 is 4.74 Å². The summed E-state index contributed by atoms with van der Waals surface area (Å²) in [5.74, 6) is 1.61. The number of nitrogens with one attached hydrogen (secondary N) is 1. The number of likely N-dealkylation sites (N-methyl/N-ethyl adjacent to an activating group) is 2. The van der Waals surface area contributed by atoms with Gasteiger partial charge in [0, 0.05) is 20.1 Å². The first-order chi connectivity index (χ1) is 8.20. The number of rotatable bonds is 7. The minimum absolute atomic E-state index is 0.623. The zero-order valence-electron chi connectivity index (χ0n) is 11.2. The van der Waals surface area contributed by atoms with E-state index in [1.807, 2.05) is 20.9 Å². The fraction of sp³-hybridized carbons (Fsp3) is 0.667. The van der Waals surface area contributed by atoms with Crippen LogP contribution in [0.4, 0.5) is 5.82 Å². The van der Waals surface area contributed by atoms with Crippen LogP contribution in [0.1, 0.15) is 19.4 Å². The van der Waals surface area contributed by atoms with Crippen LogP contribution in [0.15, 0.2) is 6.33 Å². The molecule has 1 aromatic rings. The highest BCUT2D eigenvalue weighted by atomic mass is 16.5. The van der Waals surface area contributed by atoms with Crippen molar-refractivity contribution in [1.29, 1.82) is 0 Å².